The molecule has 1 aliphatic carbocycles. The van der Waals surface area contributed by atoms with Crippen molar-refractivity contribution in [3.63, 3.8) is 0 Å². The number of carbonyl (C=O) groups excluding carboxylic acids is 1. The zero-order chi connectivity index (χ0) is 21.7. The van der Waals surface area contributed by atoms with E-state index in [1.165, 1.54) is 30.0 Å². The predicted molar refractivity (Wildman–Crippen MR) is 119 cm³/mol. The van der Waals surface area contributed by atoms with Crippen molar-refractivity contribution in [2.45, 2.75) is 29.7 Å². The molecule has 31 heavy (non-hydrogen) atoms. The lowest BCUT2D eigenvalue weighted by Gasteiger charge is -2.15. The van der Waals surface area contributed by atoms with Gasteiger partial charge in [0.05, 0.1) is 17.7 Å². The van der Waals surface area contributed by atoms with Gasteiger partial charge in [-0.3, -0.25) is 4.79 Å². The van der Waals surface area contributed by atoms with Crippen LogP contribution in [0.4, 0.5) is 0 Å². The summed E-state index contributed by atoms with van der Waals surface area (Å²) in [6.45, 7) is 0.695. The quantitative estimate of drug-likeness (QED) is 0.502. The van der Waals surface area contributed by atoms with Crippen LogP contribution in [0.15, 0.2) is 88.4 Å². The van der Waals surface area contributed by atoms with Gasteiger partial charge in [0.15, 0.2) is 0 Å². The average molecular weight is 437 g/mol. The molecular weight excluding hydrogens is 412 g/mol. The summed E-state index contributed by atoms with van der Waals surface area (Å²) in [6.07, 6.45) is 6.78. The van der Waals surface area contributed by atoms with Crippen molar-refractivity contribution in [1.29, 1.82) is 0 Å². The van der Waals surface area contributed by atoms with E-state index in [0.717, 1.165) is 18.4 Å². The molecule has 6 nitrogen and oxygen atoms in total. The number of carbonyl (C=O) groups is 1. The number of nitrogens with one attached hydrogen (secondary N) is 2. The fourth-order valence-corrected chi connectivity index (χ4v) is 4.41. The summed E-state index contributed by atoms with van der Waals surface area (Å²) in [5.41, 5.74) is 2.06. The third-order valence-electron chi connectivity index (χ3n) is 5.47. The van der Waals surface area contributed by atoms with Crippen LogP contribution in [0, 0.1) is 0 Å². The minimum Gasteiger partial charge on any atom is -0.468 e. The van der Waals surface area contributed by atoms with E-state index in [2.05, 4.69) is 22.2 Å². The average Bonchev–Trinajstić information content (AvgIpc) is 3.41. The number of amides is 1. The Morgan fingerprint density at radius 3 is 2.39 bits per heavy atom. The fraction of sp³-hybridized carbons (Fsp3) is 0.208. The fourth-order valence-electron chi connectivity index (χ4n) is 3.42. The van der Waals surface area contributed by atoms with Crippen molar-refractivity contribution in [3.8, 4) is 0 Å². The van der Waals surface area contributed by atoms with Gasteiger partial charge in [-0.25, -0.2) is 13.1 Å². The second-order valence-corrected chi connectivity index (χ2v) is 9.44. The van der Waals surface area contributed by atoms with Crippen molar-refractivity contribution >= 4 is 22.0 Å². The van der Waals surface area contributed by atoms with Crippen LogP contribution in [0.3, 0.4) is 0 Å². The monoisotopic (exact) mass is 436 g/mol. The minimum absolute atomic E-state index is 0.0589. The van der Waals surface area contributed by atoms with Gasteiger partial charge in [-0.05, 0) is 54.3 Å². The molecule has 2 aromatic carbocycles. The lowest BCUT2D eigenvalue weighted by atomic mass is 9.96. The first-order chi connectivity index (χ1) is 15.0. The summed E-state index contributed by atoms with van der Waals surface area (Å²) in [5, 5.41) is 2.98. The molecule has 160 valence electrons. The smallest absolute Gasteiger partial charge is 0.244 e. The summed E-state index contributed by atoms with van der Waals surface area (Å²) in [5.74, 6) is 0.369. The molecule has 1 amide bonds. The Morgan fingerprint density at radius 2 is 1.74 bits per heavy atom. The Bertz CT molecular complexity index is 1150. The number of benzene rings is 2. The van der Waals surface area contributed by atoms with Crippen LogP contribution >= 0.6 is 0 Å². The van der Waals surface area contributed by atoms with Gasteiger partial charge in [0, 0.05) is 18.0 Å². The molecule has 0 aliphatic heterocycles. The van der Waals surface area contributed by atoms with Gasteiger partial charge in [0.1, 0.15) is 5.76 Å². The van der Waals surface area contributed by atoms with Gasteiger partial charge >= 0.3 is 0 Å². The zero-order valence-electron chi connectivity index (χ0n) is 17.0. The molecule has 7 heteroatoms. The van der Waals surface area contributed by atoms with E-state index in [4.69, 9.17) is 4.42 Å². The third kappa shape index (κ3) is 5.31. The van der Waals surface area contributed by atoms with Crippen LogP contribution in [0.5, 0.6) is 0 Å². The van der Waals surface area contributed by atoms with E-state index in [-0.39, 0.29) is 22.8 Å². The topological polar surface area (TPSA) is 88.4 Å². The molecule has 1 heterocycles. The maximum atomic E-state index is 12.4. The molecule has 0 saturated heterocycles. The van der Waals surface area contributed by atoms with Gasteiger partial charge < -0.3 is 9.73 Å². The molecule has 1 aliphatic rings. The van der Waals surface area contributed by atoms with Gasteiger partial charge in [0.25, 0.3) is 0 Å². The summed E-state index contributed by atoms with van der Waals surface area (Å²) in [7, 11) is -3.64. The predicted octanol–water partition coefficient (Wildman–Crippen LogP) is 3.62. The highest BCUT2D eigenvalue weighted by atomic mass is 32.2. The highest BCUT2D eigenvalue weighted by Gasteiger charge is 2.44. The first-order valence-electron chi connectivity index (χ1n) is 10.1. The lowest BCUT2D eigenvalue weighted by molar-refractivity contribution is -0.116. The van der Waals surface area contributed by atoms with E-state index in [1.54, 1.807) is 30.3 Å². The molecule has 0 atom stereocenters. The Hall–Kier alpha value is -3.16. The molecule has 0 spiro atoms. The van der Waals surface area contributed by atoms with Crippen LogP contribution in [0.25, 0.3) is 6.08 Å². The highest BCUT2D eigenvalue weighted by molar-refractivity contribution is 7.89. The van der Waals surface area contributed by atoms with Gasteiger partial charge in [-0.2, -0.15) is 0 Å². The second-order valence-electron chi connectivity index (χ2n) is 7.67. The number of hydrogen-bond donors (Lipinski definition) is 2. The summed E-state index contributed by atoms with van der Waals surface area (Å²) in [4.78, 5) is 12.4. The van der Waals surface area contributed by atoms with E-state index in [0.29, 0.717) is 12.3 Å². The van der Waals surface area contributed by atoms with E-state index < -0.39 is 10.0 Å². The van der Waals surface area contributed by atoms with Gasteiger partial charge in [-0.1, -0.05) is 42.5 Å². The Morgan fingerprint density at radius 1 is 1.00 bits per heavy atom. The SMILES string of the molecule is O=C(/C=C/c1ccc(S(=O)(=O)NCc2ccco2)cc1)NCC1(c2ccccc2)CC1. The van der Waals surface area contributed by atoms with Crippen molar-refractivity contribution in [3.05, 3.63) is 96.0 Å². The van der Waals surface area contributed by atoms with Gasteiger partial charge in [0.2, 0.25) is 15.9 Å². The molecular formula is C24H24N2O4S. The van der Waals surface area contributed by atoms with Crippen molar-refractivity contribution < 1.29 is 17.6 Å². The van der Waals surface area contributed by atoms with E-state index in [1.807, 2.05) is 18.2 Å². The first-order valence-corrected chi connectivity index (χ1v) is 11.6. The van der Waals surface area contributed by atoms with Crippen molar-refractivity contribution in [1.82, 2.24) is 10.0 Å². The van der Waals surface area contributed by atoms with Crippen LogP contribution in [0.2, 0.25) is 0 Å². The van der Waals surface area contributed by atoms with Crippen LogP contribution in [-0.2, 0) is 26.8 Å². The molecule has 1 saturated carbocycles. The molecule has 2 N–H and O–H groups in total. The Labute approximate surface area is 182 Å². The molecule has 0 unspecified atom stereocenters. The highest BCUT2D eigenvalue weighted by Crippen LogP contribution is 2.47. The van der Waals surface area contributed by atoms with Crippen LogP contribution < -0.4 is 10.0 Å². The zero-order valence-corrected chi connectivity index (χ0v) is 17.8. The number of sulfonamides is 1. The number of hydrogen-bond acceptors (Lipinski definition) is 4. The van der Waals surface area contributed by atoms with E-state index in [9.17, 15) is 13.2 Å². The molecule has 4 rings (SSSR count). The number of rotatable bonds is 9. The summed E-state index contributed by atoms with van der Waals surface area (Å²) in [6, 6.07) is 20.0. The maximum Gasteiger partial charge on any atom is 0.244 e. The molecule has 3 aromatic rings. The van der Waals surface area contributed by atoms with Crippen molar-refractivity contribution in [2.75, 3.05) is 6.54 Å². The maximum absolute atomic E-state index is 12.4. The summed E-state index contributed by atoms with van der Waals surface area (Å²) < 4.78 is 32.4. The second kappa shape index (κ2) is 8.91. The van der Waals surface area contributed by atoms with Crippen LogP contribution in [-0.4, -0.2) is 20.9 Å². The molecule has 0 radical (unpaired) electrons. The third-order valence-corrected chi connectivity index (χ3v) is 6.89. The minimum atomic E-state index is -3.64. The molecule has 0 bridgehead atoms. The molecule has 1 aromatic heterocycles. The van der Waals surface area contributed by atoms with Gasteiger partial charge in [-0.15, -0.1) is 0 Å². The number of furan rings is 1. The molecule has 1 fully saturated rings. The normalized spacial score (nSPS) is 15.1. The van der Waals surface area contributed by atoms with Crippen LogP contribution in [0.1, 0.15) is 29.7 Å². The Balaban J connectivity index is 1.30. The first kappa shape index (κ1) is 21.1. The lowest BCUT2D eigenvalue weighted by Crippen LogP contribution is -2.30. The van der Waals surface area contributed by atoms with E-state index >= 15 is 0 Å². The van der Waals surface area contributed by atoms with Crippen molar-refractivity contribution in [2.24, 2.45) is 0 Å². The summed E-state index contributed by atoms with van der Waals surface area (Å²) >= 11 is 0. The Kier molecular flexibility index (Phi) is 6.06. The standard InChI is InChI=1S/C24H24N2O4S/c27-23(25-18-24(14-15-24)20-5-2-1-3-6-20)13-10-19-8-11-22(12-9-19)31(28,29)26-17-21-7-4-16-30-21/h1-13,16,26H,14-15,17-18H2,(H,25,27)/b13-10+. The largest absolute Gasteiger partial charge is 0.468 e.